The minimum Gasteiger partial charge on any atom is -0.377 e. The van der Waals surface area contributed by atoms with Crippen molar-refractivity contribution in [2.24, 2.45) is 5.41 Å². The highest BCUT2D eigenvalue weighted by molar-refractivity contribution is 5.82. The molecular weight excluding hydrogens is 152 g/mol. The van der Waals surface area contributed by atoms with Crippen molar-refractivity contribution in [2.45, 2.75) is 45.1 Å². The summed E-state index contributed by atoms with van der Waals surface area (Å²) in [6.45, 7) is 2.76. The van der Waals surface area contributed by atoms with Crippen LogP contribution in [0.25, 0.3) is 0 Å². The lowest BCUT2D eigenvalue weighted by Gasteiger charge is -2.42. The van der Waals surface area contributed by atoms with Crippen LogP contribution in [-0.2, 0) is 9.53 Å². The van der Waals surface area contributed by atoms with E-state index in [0.717, 1.165) is 13.0 Å². The van der Waals surface area contributed by atoms with E-state index in [1.807, 2.05) is 6.92 Å². The van der Waals surface area contributed by atoms with Gasteiger partial charge in [-0.1, -0.05) is 6.42 Å². The molecule has 0 aromatic rings. The first kappa shape index (κ1) is 8.24. The molecule has 0 amide bonds. The highest BCUT2D eigenvalue weighted by Crippen LogP contribution is 2.53. The SMILES string of the molecule is CCOC1CC(=O)CC12CCC2. The average Bonchev–Trinajstić information content (AvgIpc) is 2.27. The first-order valence-electron chi connectivity index (χ1n) is 4.90. The standard InChI is InChI=1S/C10H16O2/c1-2-12-9-6-8(11)7-10(9)4-3-5-10/h9H,2-7H2,1H3. The van der Waals surface area contributed by atoms with Gasteiger partial charge in [0.15, 0.2) is 0 Å². The van der Waals surface area contributed by atoms with Crippen molar-refractivity contribution in [3.63, 3.8) is 0 Å². The molecule has 0 aliphatic heterocycles. The number of ketones is 1. The van der Waals surface area contributed by atoms with Crippen LogP contribution in [0.4, 0.5) is 0 Å². The molecule has 0 saturated heterocycles. The van der Waals surface area contributed by atoms with Crippen molar-refractivity contribution in [3.8, 4) is 0 Å². The summed E-state index contributed by atoms with van der Waals surface area (Å²) in [6, 6.07) is 0. The number of ether oxygens (including phenoxy) is 1. The topological polar surface area (TPSA) is 26.3 Å². The molecule has 0 radical (unpaired) electrons. The fourth-order valence-corrected chi connectivity index (χ4v) is 2.57. The van der Waals surface area contributed by atoms with Gasteiger partial charge in [0.1, 0.15) is 5.78 Å². The average molecular weight is 168 g/mol. The highest BCUT2D eigenvalue weighted by atomic mass is 16.5. The molecule has 12 heavy (non-hydrogen) atoms. The maximum Gasteiger partial charge on any atom is 0.136 e. The maximum absolute atomic E-state index is 11.3. The Balaban J connectivity index is 2.05. The Hall–Kier alpha value is -0.370. The molecule has 0 heterocycles. The lowest BCUT2D eigenvalue weighted by molar-refractivity contribution is -0.118. The molecule has 1 spiro atoms. The van der Waals surface area contributed by atoms with Crippen LogP contribution in [0.1, 0.15) is 39.0 Å². The molecule has 0 aromatic heterocycles. The molecule has 0 N–H and O–H groups in total. The Kier molecular flexibility index (Phi) is 1.95. The molecular formula is C10H16O2. The predicted molar refractivity (Wildman–Crippen MR) is 45.9 cm³/mol. The van der Waals surface area contributed by atoms with E-state index in [1.165, 1.54) is 19.3 Å². The van der Waals surface area contributed by atoms with Gasteiger partial charge in [-0.3, -0.25) is 4.79 Å². The summed E-state index contributed by atoms with van der Waals surface area (Å²) >= 11 is 0. The molecule has 2 nitrogen and oxygen atoms in total. The summed E-state index contributed by atoms with van der Waals surface area (Å²) in [5.74, 6) is 0.410. The molecule has 2 fully saturated rings. The van der Waals surface area contributed by atoms with E-state index in [9.17, 15) is 4.79 Å². The largest absolute Gasteiger partial charge is 0.377 e. The number of rotatable bonds is 2. The van der Waals surface area contributed by atoms with Gasteiger partial charge in [0, 0.05) is 24.9 Å². The smallest absolute Gasteiger partial charge is 0.136 e. The number of hydrogen-bond acceptors (Lipinski definition) is 2. The van der Waals surface area contributed by atoms with E-state index < -0.39 is 0 Å². The van der Waals surface area contributed by atoms with E-state index in [0.29, 0.717) is 12.2 Å². The second kappa shape index (κ2) is 2.84. The maximum atomic E-state index is 11.3. The fraction of sp³-hybridized carbons (Fsp3) is 0.900. The lowest BCUT2D eigenvalue weighted by Crippen LogP contribution is -2.38. The molecule has 1 atom stereocenters. The Morgan fingerprint density at radius 3 is 2.83 bits per heavy atom. The van der Waals surface area contributed by atoms with E-state index in [1.54, 1.807) is 0 Å². The van der Waals surface area contributed by atoms with Gasteiger partial charge in [-0.25, -0.2) is 0 Å². The number of carbonyl (C=O) groups excluding carboxylic acids is 1. The van der Waals surface area contributed by atoms with E-state index in [-0.39, 0.29) is 11.5 Å². The Morgan fingerprint density at radius 1 is 1.58 bits per heavy atom. The molecule has 2 heteroatoms. The molecule has 0 aromatic carbocycles. The van der Waals surface area contributed by atoms with Gasteiger partial charge in [0.05, 0.1) is 6.10 Å². The summed E-state index contributed by atoms with van der Waals surface area (Å²) in [5.41, 5.74) is 0.285. The highest BCUT2D eigenvalue weighted by Gasteiger charge is 2.51. The van der Waals surface area contributed by atoms with Gasteiger partial charge in [-0.05, 0) is 19.8 Å². The quantitative estimate of drug-likeness (QED) is 0.629. The van der Waals surface area contributed by atoms with Gasteiger partial charge in [0.25, 0.3) is 0 Å². The van der Waals surface area contributed by atoms with Crippen molar-refractivity contribution in [3.05, 3.63) is 0 Å². The van der Waals surface area contributed by atoms with Gasteiger partial charge in [0.2, 0.25) is 0 Å². The van der Waals surface area contributed by atoms with E-state index in [4.69, 9.17) is 4.74 Å². The third kappa shape index (κ3) is 1.09. The van der Waals surface area contributed by atoms with Crippen molar-refractivity contribution in [2.75, 3.05) is 6.61 Å². The first-order valence-corrected chi connectivity index (χ1v) is 4.90. The summed E-state index contributed by atoms with van der Waals surface area (Å²) in [6.07, 6.45) is 5.43. The number of carbonyl (C=O) groups is 1. The van der Waals surface area contributed by atoms with Crippen LogP contribution in [0.3, 0.4) is 0 Å². The van der Waals surface area contributed by atoms with Gasteiger partial charge in [-0.2, -0.15) is 0 Å². The van der Waals surface area contributed by atoms with Gasteiger partial charge >= 0.3 is 0 Å². The third-order valence-electron chi connectivity index (χ3n) is 3.36. The zero-order valence-electron chi connectivity index (χ0n) is 7.64. The minimum atomic E-state index is 0.253. The second-order valence-corrected chi connectivity index (χ2v) is 4.08. The van der Waals surface area contributed by atoms with Crippen molar-refractivity contribution in [1.82, 2.24) is 0 Å². The molecule has 68 valence electrons. The van der Waals surface area contributed by atoms with Gasteiger partial charge < -0.3 is 4.74 Å². The fourth-order valence-electron chi connectivity index (χ4n) is 2.57. The first-order chi connectivity index (χ1) is 5.77. The molecule has 1 unspecified atom stereocenters. The van der Waals surface area contributed by atoms with Crippen LogP contribution >= 0.6 is 0 Å². The lowest BCUT2D eigenvalue weighted by atomic mass is 9.66. The third-order valence-corrected chi connectivity index (χ3v) is 3.36. The van der Waals surface area contributed by atoms with Crippen LogP contribution in [0.2, 0.25) is 0 Å². The Morgan fingerprint density at radius 2 is 2.33 bits per heavy atom. The number of Topliss-reactive ketones (excluding diaryl/α,β-unsaturated/α-hetero) is 1. The van der Waals surface area contributed by atoms with Gasteiger partial charge in [-0.15, -0.1) is 0 Å². The Bertz CT molecular complexity index is 194. The van der Waals surface area contributed by atoms with E-state index in [2.05, 4.69) is 0 Å². The summed E-state index contributed by atoms with van der Waals surface area (Å²) < 4.78 is 5.61. The molecule has 2 aliphatic rings. The monoisotopic (exact) mass is 168 g/mol. The molecule has 0 bridgehead atoms. The molecule has 2 saturated carbocycles. The van der Waals surface area contributed by atoms with E-state index >= 15 is 0 Å². The number of hydrogen-bond donors (Lipinski definition) is 0. The van der Waals surface area contributed by atoms with Crippen LogP contribution < -0.4 is 0 Å². The Labute approximate surface area is 73.3 Å². The predicted octanol–water partition coefficient (Wildman–Crippen LogP) is 1.92. The molecule has 2 rings (SSSR count). The van der Waals surface area contributed by atoms with Crippen LogP contribution in [-0.4, -0.2) is 18.5 Å². The minimum absolute atomic E-state index is 0.253. The molecule has 2 aliphatic carbocycles. The van der Waals surface area contributed by atoms with Crippen molar-refractivity contribution in [1.29, 1.82) is 0 Å². The zero-order valence-corrected chi connectivity index (χ0v) is 7.64. The summed E-state index contributed by atoms with van der Waals surface area (Å²) in [4.78, 5) is 11.3. The zero-order chi connectivity index (χ0) is 8.60. The van der Waals surface area contributed by atoms with Crippen molar-refractivity contribution >= 4 is 5.78 Å². The van der Waals surface area contributed by atoms with Crippen LogP contribution in [0, 0.1) is 5.41 Å². The second-order valence-electron chi connectivity index (χ2n) is 4.08. The van der Waals surface area contributed by atoms with Crippen LogP contribution in [0.15, 0.2) is 0 Å². The van der Waals surface area contributed by atoms with Crippen LogP contribution in [0.5, 0.6) is 0 Å². The van der Waals surface area contributed by atoms with Crippen molar-refractivity contribution < 1.29 is 9.53 Å². The summed E-state index contributed by atoms with van der Waals surface area (Å²) in [7, 11) is 0. The summed E-state index contributed by atoms with van der Waals surface area (Å²) in [5, 5.41) is 0. The normalized spacial score (nSPS) is 32.4.